The van der Waals surface area contributed by atoms with Crippen LogP contribution in [0.5, 0.6) is 0 Å². The predicted molar refractivity (Wildman–Crippen MR) is 101 cm³/mol. The summed E-state index contributed by atoms with van der Waals surface area (Å²) in [6.07, 6.45) is 6.18. The maximum Gasteiger partial charge on any atom is 0.225 e. The molecular weight excluding hydrogens is 354 g/mol. The van der Waals surface area contributed by atoms with E-state index in [1.165, 1.54) is 4.31 Å². The lowest BCUT2D eigenvalue weighted by Crippen LogP contribution is -2.45. The van der Waals surface area contributed by atoms with Gasteiger partial charge >= 0.3 is 0 Å². The molecule has 2 aliphatic heterocycles. The largest absolute Gasteiger partial charge is 0.356 e. The Morgan fingerprint density at radius 1 is 1.08 bits per heavy atom. The van der Waals surface area contributed by atoms with E-state index in [2.05, 4.69) is 5.32 Å². The number of nitrogens with zero attached hydrogens (tertiary/aromatic N) is 2. The number of piperidine rings is 1. The Kier molecular flexibility index (Phi) is 8.34. The molecule has 0 unspecified atom stereocenters. The first-order chi connectivity index (χ1) is 12.4. The van der Waals surface area contributed by atoms with E-state index in [-0.39, 0.29) is 23.5 Å². The van der Waals surface area contributed by atoms with Gasteiger partial charge in [0.1, 0.15) is 0 Å². The highest BCUT2D eigenvalue weighted by Crippen LogP contribution is 2.23. The van der Waals surface area contributed by atoms with Crippen LogP contribution < -0.4 is 5.32 Å². The van der Waals surface area contributed by atoms with E-state index in [0.29, 0.717) is 51.9 Å². The summed E-state index contributed by atoms with van der Waals surface area (Å²) in [6, 6.07) is 0. The molecule has 2 rings (SSSR count). The maximum absolute atomic E-state index is 12.9. The monoisotopic (exact) mass is 387 g/mol. The lowest BCUT2D eigenvalue weighted by Gasteiger charge is -2.33. The number of hydrogen-bond donors (Lipinski definition) is 1. The van der Waals surface area contributed by atoms with Crippen molar-refractivity contribution in [1.29, 1.82) is 0 Å². The smallest absolute Gasteiger partial charge is 0.225 e. The summed E-state index contributed by atoms with van der Waals surface area (Å²) >= 11 is 0. The fourth-order valence-electron chi connectivity index (χ4n) is 3.69. The number of sulfonamides is 1. The van der Waals surface area contributed by atoms with E-state index in [1.807, 2.05) is 11.8 Å². The number of nitrogens with one attached hydrogen (secondary N) is 1. The SMILES string of the molecule is CCCS(=O)(=O)N1CCC(C(=O)N2CCCCCCNC(=O)CC2)CC1. The van der Waals surface area contributed by atoms with Crippen LogP contribution >= 0.6 is 0 Å². The average molecular weight is 388 g/mol. The Labute approximate surface area is 157 Å². The molecule has 2 heterocycles. The van der Waals surface area contributed by atoms with Crippen molar-refractivity contribution in [3.05, 3.63) is 0 Å². The summed E-state index contributed by atoms with van der Waals surface area (Å²) in [5.41, 5.74) is 0. The minimum Gasteiger partial charge on any atom is -0.356 e. The third kappa shape index (κ3) is 6.23. The molecule has 0 spiro atoms. The van der Waals surface area contributed by atoms with Crippen LogP contribution in [0.15, 0.2) is 0 Å². The standard InChI is InChI=1S/C18H33N3O4S/c1-2-15-26(24,25)21-13-7-16(8-14-21)18(23)20-11-6-4-3-5-10-19-17(22)9-12-20/h16H,2-15H2,1H3,(H,19,22). The van der Waals surface area contributed by atoms with Crippen molar-refractivity contribution >= 4 is 21.8 Å². The molecule has 0 atom stereocenters. The zero-order valence-corrected chi connectivity index (χ0v) is 16.7. The molecule has 1 N–H and O–H groups in total. The van der Waals surface area contributed by atoms with Gasteiger partial charge in [0.2, 0.25) is 21.8 Å². The van der Waals surface area contributed by atoms with Gasteiger partial charge in [0.05, 0.1) is 5.75 Å². The Morgan fingerprint density at radius 3 is 2.46 bits per heavy atom. The van der Waals surface area contributed by atoms with Crippen molar-refractivity contribution in [3.63, 3.8) is 0 Å². The van der Waals surface area contributed by atoms with Gasteiger partial charge in [-0.3, -0.25) is 9.59 Å². The van der Waals surface area contributed by atoms with Crippen molar-refractivity contribution in [2.24, 2.45) is 5.92 Å². The number of carbonyl (C=O) groups is 2. The first-order valence-corrected chi connectivity index (χ1v) is 11.6. The van der Waals surface area contributed by atoms with Crippen LogP contribution in [0.4, 0.5) is 0 Å². The third-order valence-corrected chi connectivity index (χ3v) is 7.33. The minimum atomic E-state index is -3.18. The molecule has 0 aliphatic carbocycles. The molecule has 0 bridgehead atoms. The lowest BCUT2D eigenvalue weighted by molar-refractivity contribution is -0.137. The van der Waals surface area contributed by atoms with E-state index in [1.54, 1.807) is 0 Å². The fourth-order valence-corrected chi connectivity index (χ4v) is 5.23. The highest BCUT2D eigenvalue weighted by Gasteiger charge is 2.32. The first-order valence-electron chi connectivity index (χ1n) is 9.97. The molecule has 0 aromatic carbocycles. The Bertz CT molecular complexity index is 571. The van der Waals surface area contributed by atoms with Crippen molar-refractivity contribution in [1.82, 2.24) is 14.5 Å². The van der Waals surface area contributed by atoms with Crippen LogP contribution in [0.3, 0.4) is 0 Å². The zero-order chi connectivity index (χ0) is 19.0. The van der Waals surface area contributed by atoms with Gasteiger partial charge in [-0.15, -0.1) is 0 Å². The molecule has 0 aromatic heterocycles. The Balaban J connectivity index is 1.91. The van der Waals surface area contributed by atoms with Crippen molar-refractivity contribution in [2.75, 3.05) is 38.5 Å². The molecule has 0 radical (unpaired) electrons. The van der Waals surface area contributed by atoms with Gasteiger partial charge in [-0.05, 0) is 32.1 Å². The number of hydrogen-bond acceptors (Lipinski definition) is 4. The molecule has 2 saturated heterocycles. The normalized spacial score (nSPS) is 22.5. The molecule has 2 aliphatic rings. The topological polar surface area (TPSA) is 86.8 Å². The number of carbonyl (C=O) groups excluding carboxylic acids is 2. The van der Waals surface area contributed by atoms with Gasteiger partial charge in [-0.25, -0.2) is 12.7 Å². The second kappa shape index (κ2) is 10.3. The first kappa shape index (κ1) is 21.2. The lowest BCUT2D eigenvalue weighted by atomic mass is 9.96. The molecular formula is C18H33N3O4S. The van der Waals surface area contributed by atoms with Crippen LogP contribution in [-0.2, 0) is 19.6 Å². The van der Waals surface area contributed by atoms with Gasteiger partial charge in [0.25, 0.3) is 0 Å². The summed E-state index contributed by atoms with van der Waals surface area (Å²) in [7, 11) is -3.18. The van der Waals surface area contributed by atoms with Gasteiger partial charge in [-0.1, -0.05) is 19.8 Å². The number of rotatable bonds is 4. The highest BCUT2D eigenvalue weighted by atomic mass is 32.2. The third-order valence-electron chi connectivity index (χ3n) is 5.26. The summed E-state index contributed by atoms with van der Waals surface area (Å²) in [4.78, 5) is 26.6. The quantitative estimate of drug-likeness (QED) is 0.789. The second-order valence-corrected chi connectivity index (χ2v) is 9.42. The van der Waals surface area contributed by atoms with E-state index < -0.39 is 10.0 Å². The van der Waals surface area contributed by atoms with Crippen molar-refractivity contribution in [2.45, 2.75) is 58.3 Å². The van der Waals surface area contributed by atoms with Gasteiger partial charge in [-0.2, -0.15) is 0 Å². The Morgan fingerprint density at radius 2 is 1.77 bits per heavy atom. The molecule has 150 valence electrons. The molecule has 7 nitrogen and oxygen atoms in total. The van der Waals surface area contributed by atoms with E-state index in [0.717, 1.165) is 32.2 Å². The van der Waals surface area contributed by atoms with Gasteiger partial charge in [0, 0.05) is 45.1 Å². The van der Waals surface area contributed by atoms with Gasteiger partial charge in [0.15, 0.2) is 0 Å². The van der Waals surface area contributed by atoms with Gasteiger partial charge < -0.3 is 10.2 Å². The van der Waals surface area contributed by atoms with Crippen LogP contribution in [0.2, 0.25) is 0 Å². The fraction of sp³-hybridized carbons (Fsp3) is 0.889. The Hall–Kier alpha value is -1.15. The van der Waals surface area contributed by atoms with Crippen molar-refractivity contribution < 1.29 is 18.0 Å². The van der Waals surface area contributed by atoms with Crippen LogP contribution in [0, 0.1) is 5.92 Å². The maximum atomic E-state index is 12.9. The minimum absolute atomic E-state index is 0.00479. The zero-order valence-electron chi connectivity index (χ0n) is 15.9. The average Bonchev–Trinajstić information content (AvgIpc) is 2.67. The van der Waals surface area contributed by atoms with E-state index in [4.69, 9.17) is 0 Å². The second-order valence-electron chi connectivity index (χ2n) is 7.33. The summed E-state index contributed by atoms with van der Waals surface area (Å²) in [6.45, 7) is 4.58. The summed E-state index contributed by atoms with van der Waals surface area (Å²) in [5.74, 6) is 0.137. The molecule has 2 amide bonds. The van der Waals surface area contributed by atoms with E-state index in [9.17, 15) is 18.0 Å². The predicted octanol–water partition coefficient (Wildman–Crippen LogP) is 1.35. The molecule has 26 heavy (non-hydrogen) atoms. The molecule has 8 heteroatoms. The summed E-state index contributed by atoms with van der Waals surface area (Å²) < 4.78 is 25.9. The highest BCUT2D eigenvalue weighted by molar-refractivity contribution is 7.89. The van der Waals surface area contributed by atoms with Crippen molar-refractivity contribution in [3.8, 4) is 0 Å². The van der Waals surface area contributed by atoms with Crippen LogP contribution in [-0.4, -0.2) is 67.9 Å². The molecule has 2 fully saturated rings. The molecule has 0 aromatic rings. The van der Waals surface area contributed by atoms with Crippen LogP contribution in [0.1, 0.15) is 58.3 Å². The number of amides is 2. The van der Waals surface area contributed by atoms with Crippen LogP contribution in [0.25, 0.3) is 0 Å². The summed E-state index contributed by atoms with van der Waals surface area (Å²) in [5, 5.41) is 2.90. The van der Waals surface area contributed by atoms with E-state index >= 15 is 0 Å². The molecule has 0 saturated carbocycles.